The highest BCUT2D eigenvalue weighted by atomic mass is 16.4. The van der Waals surface area contributed by atoms with E-state index in [1.54, 1.807) is 6.92 Å². The van der Waals surface area contributed by atoms with Crippen LogP contribution in [0.25, 0.3) is 0 Å². The molecule has 1 aromatic rings. The van der Waals surface area contributed by atoms with Gasteiger partial charge < -0.3 is 10.4 Å². The Hall–Kier alpha value is -1.98. The van der Waals surface area contributed by atoms with Crippen molar-refractivity contribution in [2.45, 2.75) is 6.92 Å². The first-order valence-electron chi connectivity index (χ1n) is 3.99. The standard InChI is InChI=1S/C8H9N3O3/c1-2-9-7(12)5-6(8(13)14)11-4-3-10-5/h3-4H,2H2,1H3,(H,9,12)(H,13,14). The molecular formula is C8H9N3O3. The number of aromatic nitrogens is 2. The largest absolute Gasteiger partial charge is 0.476 e. The van der Waals surface area contributed by atoms with Crippen molar-refractivity contribution in [1.82, 2.24) is 15.3 Å². The van der Waals surface area contributed by atoms with Crippen molar-refractivity contribution in [3.05, 3.63) is 23.8 Å². The number of carboxylic acids is 1. The smallest absolute Gasteiger partial charge is 0.356 e. The molecule has 0 aliphatic heterocycles. The van der Waals surface area contributed by atoms with Crippen molar-refractivity contribution >= 4 is 11.9 Å². The van der Waals surface area contributed by atoms with Crippen LogP contribution < -0.4 is 5.32 Å². The Balaban J connectivity index is 3.07. The molecule has 6 nitrogen and oxygen atoms in total. The molecule has 0 aliphatic rings. The second kappa shape index (κ2) is 4.31. The van der Waals surface area contributed by atoms with Gasteiger partial charge in [0, 0.05) is 18.9 Å². The van der Waals surface area contributed by atoms with Crippen LogP contribution in [0.1, 0.15) is 27.9 Å². The predicted molar refractivity (Wildman–Crippen MR) is 47.0 cm³/mol. The molecule has 0 aromatic carbocycles. The van der Waals surface area contributed by atoms with E-state index in [0.717, 1.165) is 0 Å². The van der Waals surface area contributed by atoms with E-state index in [1.165, 1.54) is 12.4 Å². The van der Waals surface area contributed by atoms with Crippen molar-refractivity contribution in [1.29, 1.82) is 0 Å². The Kier molecular flexibility index (Phi) is 3.11. The van der Waals surface area contributed by atoms with Crippen LogP contribution in [-0.2, 0) is 0 Å². The van der Waals surface area contributed by atoms with Crippen molar-refractivity contribution < 1.29 is 14.7 Å². The van der Waals surface area contributed by atoms with Gasteiger partial charge in [0.1, 0.15) is 0 Å². The summed E-state index contributed by atoms with van der Waals surface area (Å²) in [5, 5.41) is 11.2. The summed E-state index contributed by atoms with van der Waals surface area (Å²) < 4.78 is 0. The first-order chi connectivity index (χ1) is 6.66. The molecular weight excluding hydrogens is 186 g/mol. The number of rotatable bonds is 3. The number of carbonyl (C=O) groups excluding carboxylic acids is 1. The summed E-state index contributed by atoms with van der Waals surface area (Å²) in [6, 6.07) is 0. The van der Waals surface area contributed by atoms with Gasteiger partial charge in [-0.3, -0.25) is 4.79 Å². The molecule has 0 saturated heterocycles. The Morgan fingerprint density at radius 1 is 1.36 bits per heavy atom. The van der Waals surface area contributed by atoms with Crippen LogP contribution in [0, 0.1) is 0 Å². The zero-order chi connectivity index (χ0) is 10.6. The average Bonchev–Trinajstić information content (AvgIpc) is 2.18. The van der Waals surface area contributed by atoms with Gasteiger partial charge in [-0.15, -0.1) is 0 Å². The zero-order valence-corrected chi connectivity index (χ0v) is 7.52. The normalized spacial score (nSPS) is 9.50. The van der Waals surface area contributed by atoms with Crippen LogP contribution in [0.5, 0.6) is 0 Å². The molecule has 0 bridgehead atoms. The van der Waals surface area contributed by atoms with Crippen LogP contribution in [0.2, 0.25) is 0 Å². The fourth-order valence-electron chi connectivity index (χ4n) is 0.905. The summed E-state index contributed by atoms with van der Waals surface area (Å²) in [5.74, 6) is -1.79. The third kappa shape index (κ3) is 2.03. The van der Waals surface area contributed by atoms with Crippen LogP contribution in [0.3, 0.4) is 0 Å². The van der Waals surface area contributed by atoms with Crippen LogP contribution >= 0.6 is 0 Å². The fraction of sp³-hybridized carbons (Fsp3) is 0.250. The van der Waals surface area contributed by atoms with Crippen LogP contribution in [0.4, 0.5) is 0 Å². The third-order valence-electron chi connectivity index (χ3n) is 1.45. The van der Waals surface area contributed by atoms with Gasteiger partial charge in [0.05, 0.1) is 0 Å². The molecule has 0 atom stereocenters. The highest BCUT2D eigenvalue weighted by molar-refractivity contribution is 6.01. The number of nitrogens with zero attached hydrogens (tertiary/aromatic N) is 2. The molecule has 0 radical (unpaired) electrons. The SMILES string of the molecule is CCNC(=O)c1nccnc1C(=O)O. The summed E-state index contributed by atoms with van der Waals surface area (Å²) in [6.45, 7) is 2.14. The molecule has 14 heavy (non-hydrogen) atoms. The summed E-state index contributed by atoms with van der Waals surface area (Å²) in [4.78, 5) is 29.2. The summed E-state index contributed by atoms with van der Waals surface area (Å²) in [7, 11) is 0. The molecule has 0 fully saturated rings. The molecule has 1 aromatic heterocycles. The van der Waals surface area contributed by atoms with E-state index < -0.39 is 11.9 Å². The second-order valence-electron chi connectivity index (χ2n) is 2.42. The summed E-state index contributed by atoms with van der Waals surface area (Å²) in [6.07, 6.45) is 2.50. The number of aromatic carboxylic acids is 1. The van der Waals surface area contributed by atoms with Gasteiger partial charge in [-0.1, -0.05) is 0 Å². The molecule has 0 unspecified atom stereocenters. The lowest BCUT2D eigenvalue weighted by Gasteiger charge is -2.02. The highest BCUT2D eigenvalue weighted by Gasteiger charge is 2.18. The number of carbonyl (C=O) groups is 2. The minimum absolute atomic E-state index is 0.165. The highest BCUT2D eigenvalue weighted by Crippen LogP contribution is 2.00. The number of hydrogen-bond acceptors (Lipinski definition) is 4. The van der Waals surface area contributed by atoms with Crippen molar-refractivity contribution in [3.8, 4) is 0 Å². The maximum absolute atomic E-state index is 11.3. The Labute approximate surface area is 80.0 Å². The molecule has 2 N–H and O–H groups in total. The van der Waals surface area contributed by atoms with E-state index in [2.05, 4.69) is 15.3 Å². The quantitative estimate of drug-likeness (QED) is 0.704. The summed E-state index contributed by atoms with van der Waals surface area (Å²) >= 11 is 0. The number of amides is 1. The molecule has 1 rings (SSSR count). The first-order valence-corrected chi connectivity index (χ1v) is 3.99. The fourth-order valence-corrected chi connectivity index (χ4v) is 0.905. The molecule has 0 spiro atoms. The summed E-state index contributed by atoms with van der Waals surface area (Å²) in [5.41, 5.74) is -0.500. The van der Waals surface area contributed by atoms with Gasteiger partial charge in [0.15, 0.2) is 11.4 Å². The molecule has 0 aliphatic carbocycles. The Morgan fingerprint density at radius 3 is 2.43 bits per heavy atom. The minimum Gasteiger partial charge on any atom is -0.476 e. The second-order valence-corrected chi connectivity index (χ2v) is 2.42. The lowest BCUT2D eigenvalue weighted by molar-refractivity contribution is 0.0683. The van der Waals surface area contributed by atoms with E-state index >= 15 is 0 Å². The van der Waals surface area contributed by atoms with Gasteiger partial charge in [-0.05, 0) is 6.92 Å². The van der Waals surface area contributed by atoms with Crippen molar-refractivity contribution in [3.63, 3.8) is 0 Å². The molecule has 1 heterocycles. The van der Waals surface area contributed by atoms with E-state index in [-0.39, 0.29) is 11.4 Å². The minimum atomic E-state index is -1.26. The third-order valence-corrected chi connectivity index (χ3v) is 1.45. The van der Waals surface area contributed by atoms with Crippen LogP contribution in [0.15, 0.2) is 12.4 Å². The Morgan fingerprint density at radius 2 is 1.93 bits per heavy atom. The lowest BCUT2D eigenvalue weighted by atomic mass is 10.3. The van der Waals surface area contributed by atoms with E-state index in [0.29, 0.717) is 6.54 Å². The number of hydrogen-bond donors (Lipinski definition) is 2. The lowest BCUT2D eigenvalue weighted by Crippen LogP contribution is -2.26. The molecule has 0 saturated carbocycles. The van der Waals surface area contributed by atoms with Crippen molar-refractivity contribution in [2.24, 2.45) is 0 Å². The molecule has 6 heteroatoms. The Bertz CT molecular complexity index is 365. The maximum Gasteiger partial charge on any atom is 0.356 e. The van der Waals surface area contributed by atoms with Gasteiger partial charge in [-0.25, -0.2) is 14.8 Å². The van der Waals surface area contributed by atoms with Gasteiger partial charge >= 0.3 is 5.97 Å². The van der Waals surface area contributed by atoms with E-state index in [4.69, 9.17) is 5.11 Å². The van der Waals surface area contributed by atoms with Gasteiger partial charge in [0.25, 0.3) is 5.91 Å². The van der Waals surface area contributed by atoms with Crippen LogP contribution in [-0.4, -0.2) is 33.5 Å². The predicted octanol–water partition coefficient (Wildman–Crippen LogP) is -0.0755. The van der Waals surface area contributed by atoms with Crippen molar-refractivity contribution in [2.75, 3.05) is 6.54 Å². The number of carboxylic acid groups (broad SMARTS) is 1. The van der Waals surface area contributed by atoms with E-state index in [9.17, 15) is 9.59 Å². The molecule has 74 valence electrons. The zero-order valence-electron chi connectivity index (χ0n) is 7.52. The molecule has 1 amide bonds. The maximum atomic E-state index is 11.3. The monoisotopic (exact) mass is 195 g/mol. The average molecular weight is 195 g/mol. The number of nitrogens with one attached hydrogen (secondary N) is 1. The van der Waals surface area contributed by atoms with E-state index in [1.807, 2.05) is 0 Å². The topological polar surface area (TPSA) is 92.2 Å². The van der Waals surface area contributed by atoms with Gasteiger partial charge in [-0.2, -0.15) is 0 Å². The van der Waals surface area contributed by atoms with Gasteiger partial charge in [0.2, 0.25) is 0 Å². The first kappa shape index (κ1) is 10.1.